The second-order valence-corrected chi connectivity index (χ2v) is 5.10. The van der Waals surface area contributed by atoms with Gasteiger partial charge in [-0.3, -0.25) is 14.4 Å². The van der Waals surface area contributed by atoms with E-state index >= 15 is 0 Å². The Kier molecular flexibility index (Phi) is 6.27. The number of carboxylic acid groups (broad SMARTS) is 1. The summed E-state index contributed by atoms with van der Waals surface area (Å²) in [6, 6.07) is -1.52. The molecule has 0 aliphatic heterocycles. The molecule has 0 aromatic heterocycles. The fraction of sp³-hybridized carbons (Fsp3) is 0.625. The highest BCUT2D eigenvalue weighted by atomic mass is 32.2. The first-order chi connectivity index (χ1) is 8.18. The lowest BCUT2D eigenvalue weighted by Gasteiger charge is -2.13. The van der Waals surface area contributed by atoms with Crippen molar-refractivity contribution >= 4 is 27.9 Å². The van der Waals surface area contributed by atoms with Crippen LogP contribution in [0.4, 0.5) is 0 Å². The van der Waals surface area contributed by atoms with E-state index in [4.69, 9.17) is 10.8 Å². The highest BCUT2D eigenvalue weighted by Gasteiger charge is 2.26. The van der Waals surface area contributed by atoms with Crippen molar-refractivity contribution in [1.82, 2.24) is 4.72 Å². The normalized spacial score (nSPS) is 12.7. The molecule has 0 radical (unpaired) electrons. The van der Waals surface area contributed by atoms with Gasteiger partial charge in [0.2, 0.25) is 15.9 Å². The number of hydrogen-bond acceptors (Lipinski definition) is 6. The molecule has 0 saturated heterocycles. The van der Waals surface area contributed by atoms with Crippen molar-refractivity contribution in [3.05, 3.63) is 0 Å². The molecule has 0 aliphatic carbocycles. The number of hydrogen-bond donors (Lipinski definition) is 3. The Morgan fingerprint density at radius 3 is 2.33 bits per heavy atom. The Morgan fingerprint density at radius 2 is 1.94 bits per heavy atom. The molecular formula is C8H14N2O7S. The molecule has 1 atom stereocenters. The Balaban J connectivity index is 4.62. The third-order valence-corrected chi connectivity index (χ3v) is 3.09. The topological polar surface area (TPSA) is 153 Å². The second-order valence-electron chi connectivity index (χ2n) is 3.35. The van der Waals surface area contributed by atoms with Gasteiger partial charge in [0.1, 0.15) is 6.04 Å². The molecule has 1 amide bonds. The van der Waals surface area contributed by atoms with E-state index in [2.05, 4.69) is 4.74 Å². The van der Waals surface area contributed by atoms with Gasteiger partial charge < -0.3 is 15.6 Å². The first-order valence-corrected chi connectivity index (χ1v) is 6.41. The van der Waals surface area contributed by atoms with Crippen LogP contribution in [-0.2, 0) is 29.1 Å². The molecule has 0 rings (SSSR count). The standard InChI is InChI=1S/C8H14N2O7S/c1-17-7(12)4-18(15,16)10-5(8(13)14)2-3-6(9)11/h5,10H,2-4H2,1H3,(H2,9,11)(H,13,14)/t5-/m0/s1. The van der Waals surface area contributed by atoms with Gasteiger partial charge in [0.25, 0.3) is 0 Å². The van der Waals surface area contributed by atoms with Crippen molar-refractivity contribution in [2.45, 2.75) is 18.9 Å². The van der Waals surface area contributed by atoms with E-state index in [1.165, 1.54) is 0 Å². The number of rotatable bonds is 8. The number of primary amides is 1. The van der Waals surface area contributed by atoms with E-state index in [-0.39, 0.29) is 12.8 Å². The molecule has 0 aliphatic rings. The van der Waals surface area contributed by atoms with E-state index in [0.29, 0.717) is 0 Å². The summed E-state index contributed by atoms with van der Waals surface area (Å²) >= 11 is 0. The molecule has 0 heterocycles. The van der Waals surface area contributed by atoms with Crippen molar-refractivity contribution in [3.8, 4) is 0 Å². The van der Waals surface area contributed by atoms with Crippen molar-refractivity contribution in [2.24, 2.45) is 5.73 Å². The number of esters is 1. The average Bonchev–Trinajstić information content (AvgIpc) is 2.22. The van der Waals surface area contributed by atoms with Crippen LogP contribution in [0.3, 0.4) is 0 Å². The fourth-order valence-electron chi connectivity index (χ4n) is 0.992. The lowest BCUT2D eigenvalue weighted by Crippen LogP contribution is -2.43. The van der Waals surface area contributed by atoms with Crippen molar-refractivity contribution in [2.75, 3.05) is 12.9 Å². The number of sulfonamides is 1. The van der Waals surface area contributed by atoms with E-state index < -0.39 is 39.7 Å². The number of amides is 1. The summed E-state index contributed by atoms with van der Waals surface area (Å²) in [5.41, 5.74) is 4.82. The van der Waals surface area contributed by atoms with Crippen LogP contribution in [0.5, 0.6) is 0 Å². The molecule has 9 nitrogen and oxygen atoms in total. The van der Waals surface area contributed by atoms with Gasteiger partial charge in [-0.1, -0.05) is 0 Å². The third kappa shape index (κ3) is 6.81. The maximum Gasteiger partial charge on any atom is 0.322 e. The summed E-state index contributed by atoms with van der Waals surface area (Å²) in [7, 11) is -3.14. The number of methoxy groups -OCH3 is 1. The van der Waals surface area contributed by atoms with E-state index in [1.54, 1.807) is 4.72 Å². The van der Waals surface area contributed by atoms with Crippen LogP contribution in [0.25, 0.3) is 0 Å². The second kappa shape index (κ2) is 6.91. The Labute approximate surface area is 103 Å². The SMILES string of the molecule is COC(=O)CS(=O)(=O)N[C@@H](CCC(N)=O)C(=O)O. The minimum absolute atomic E-state index is 0.294. The molecule has 0 spiro atoms. The summed E-state index contributed by atoms with van der Waals surface area (Å²) < 4.78 is 28.7. The summed E-state index contributed by atoms with van der Waals surface area (Å²) in [5.74, 6) is -4.25. The smallest absolute Gasteiger partial charge is 0.322 e. The minimum atomic E-state index is -4.14. The molecule has 0 saturated carbocycles. The van der Waals surface area contributed by atoms with Crippen molar-refractivity contribution in [3.63, 3.8) is 0 Å². The van der Waals surface area contributed by atoms with Gasteiger partial charge in [0.15, 0.2) is 5.75 Å². The molecule has 104 valence electrons. The van der Waals surface area contributed by atoms with Crippen LogP contribution in [-0.4, -0.2) is 50.3 Å². The first kappa shape index (κ1) is 16.3. The molecule has 0 unspecified atom stereocenters. The number of nitrogens with two attached hydrogens (primary N) is 1. The number of carbonyl (C=O) groups is 3. The van der Waals surface area contributed by atoms with Crippen LogP contribution in [0.1, 0.15) is 12.8 Å². The zero-order valence-electron chi connectivity index (χ0n) is 9.58. The molecule has 18 heavy (non-hydrogen) atoms. The molecule has 0 aromatic carbocycles. The predicted molar refractivity (Wildman–Crippen MR) is 58.8 cm³/mol. The van der Waals surface area contributed by atoms with Gasteiger partial charge >= 0.3 is 11.9 Å². The lowest BCUT2D eigenvalue weighted by molar-refractivity contribution is -0.140. The highest BCUT2D eigenvalue weighted by Crippen LogP contribution is 2.00. The molecule has 0 fully saturated rings. The van der Waals surface area contributed by atoms with Crippen molar-refractivity contribution in [1.29, 1.82) is 0 Å². The first-order valence-electron chi connectivity index (χ1n) is 4.76. The van der Waals surface area contributed by atoms with Gasteiger partial charge in [0.05, 0.1) is 7.11 Å². The fourth-order valence-corrected chi connectivity index (χ4v) is 2.16. The van der Waals surface area contributed by atoms with Gasteiger partial charge in [-0.25, -0.2) is 13.1 Å². The molecule has 4 N–H and O–H groups in total. The van der Waals surface area contributed by atoms with E-state index in [0.717, 1.165) is 7.11 Å². The highest BCUT2D eigenvalue weighted by molar-refractivity contribution is 7.90. The monoisotopic (exact) mass is 282 g/mol. The summed E-state index contributed by atoms with van der Waals surface area (Å²) in [4.78, 5) is 32.0. The van der Waals surface area contributed by atoms with Gasteiger partial charge in [-0.2, -0.15) is 0 Å². The molecule has 0 bridgehead atoms. The number of carboxylic acids is 1. The van der Waals surface area contributed by atoms with Crippen LogP contribution < -0.4 is 10.5 Å². The zero-order valence-corrected chi connectivity index (χ0v) is 10.4. The Bertz CT molecular complexity index is 431. The van der Waals surface area contributed by atoms with Crippen LogP contribution >= 0.6 is 0 Å². The number of aliphatic carboxylic acids is 1. The van der Waals surface area contributed by atoms with Crippen LogP contribution in [0, 0.1) is 0 Å². The van der Waals surface area contributed by atoms with Crippen LogP contribution in [0.2, 0.25) is 0 Å². The summed E-state index contributed by atoms with van der Waals surface area (Å²) in [6.45, 7) is 0. The zero-order chi connectivity index (χ0) is 14.3. The molecule has 0 aromatic rings. The Morgan fingerprint density at radius 1 is 1.39 bits per heavy atom. The van der Waals surface area contributed by atoms with Crippen molar-refractivity contribution < 1.29 is 32.6 Å². The largest absolute Gasteiger partial charge is 0.480 e. The number of ether oxygens (including phenoxy) is 1. The maximum atomic E-state index is 11.4. The van der Waals surface area contributed by atoms with Gasteiger partial charge in [-0.15, -0.1) is 0 Å². The van der Waals surface area contributed by atoms with Crippen LogP contribution in [0.15, 0.2) is 0 Å². The van der Waals surface area contributed by atoms with Gasteiger partial charge in [-0.05, 0) is 6.42 Å². The predicted octanol–water partition coefficient (Wildman–Crippen LogP) is -2.20. The van der Waals surface area contributed by atoms with E-state index in [9.17, 15) is 22.8 Å². The molecular weight excluding hydrogens is 268 g/mol. The summed E-state index contributed by atoms with van der Waals surface area (Å²) in [5, 5.41) is 8.75. The molecule has 10 heteroatoms. The van der Waals surface area contributed by atoms with Gasteiger partial charge in [0, 0.05) is 6.42 Å². The quantitative estimate of drug-likeness (QED) is 0.427. The van der Waals surface area contributed by atoms with E-state index in [1.807, 2.05) is 0 Å². The maximum absolute atomic E-state index is 11.4. The Hall–Kier alpha value is -1.68. The average molecular weight is 282 g/mol. The third-order valence-electron chi connectivity index (χ3n) is 1.83. The number of carbonyl (C=O) groups excluding carboxylic acids is 2. The lowest BCUT2D eigenvalue weighted by atomic mass is 10.2. The summed E-state index contributed by atoms with van der Waals surface area (Å²) in [6.07, 6.45) is -0.594. The number of nitrogens with one attached hydrogen (secondary N) is 1. The minimum Gasteiger partial charge on any atom is -0.480 e.